The van der Waals surface area contributed by atoms with Crippen molar-refractivity contribution in [1.29, 1.82) is 0 Å². The van der Waals surface area contributed by atoms with E-state index in [9.17, 15) is 9.59 Å². The van der Waals surface area contributed by atoms with Crippen molar-refractivity contribution in [3.05, 3.63) is 60.1 Å². The van der Waals surface area contributed by atoms with Gasteiger partial charge in [0.05, 0.1) is 12.9 Å². The number of nitrogens with one attached hydrogen (secondary N) is 1. The minimum atomic E-state index is -0.265. The lowest BCUT2D eigenvalue weighted by Gasteiger charge is -2.19. The second-order valence-corrected chi connectivity index (χ2v) is 5.68. The molecule has 2 aromatic rings. The third kappa shape index (κ3) is 6.12. The molecule has 1 aromatic carbocycles. The maximum atomic E-state index is 12.2. The van der Waals surface area contributed by atoms with Gasteiger partial charge in [-0.25, -0.2) is 0 Å². The van der Waals surface area contributed by atoms with E-state index in [0.29, 0.717) is 18.9 Å². The molecule has 1 aromatic heterocycles. The van der Waals surface area contributed by atoms with Crippen LogP contribution < -0.4 is 10.1 Å². The lowest BCUT2D eigenvalue weighted by Crippen LogP contribution is -2.31. The van der Waals surface area contributed by atoms with Gasteiger partial charge in [0.25, 0.3) is 0 Å². The highest BCUT2D eigenvalue weighted by atomic mass is 16.5. The van der Waals surface area contributed by atoms with Crippen molar-refractivity contribution in [3.63, 3.8) is 0 Å². The third-order valence-electron chi connectivity index (χ3n) is 3.69. The van der Waals surface area contributed by atoms with Gasteiger partial charge in [-0.1, -0.05) is 18.2 Å². The van der Waals surface area contributed by atoms with Crippen LogP contribution in [0.1, 0.15) is 24.7 Å². The molecule has 0 bridgehead atoms. The van der Waals surface area contributed by atoms with Crippen molar-refractivity contribution >= 4 is 17.9 Å². The summed E-state index contributed by atoms with van der Waals surface area (Å²) >= 11 is 0. The molecule has 0 atom stereocenters. The highest BCUT2D eigenvalue weighted by Crippen LogP contribution is 2.19. The van der Waals surface area contributed by atoms with E-state index < -0.39 is 0 Å². The van der Waals surface area contributed by atoms with Crippen molar-refractivity contribution in [3.8, 4) is 5.75 Å². The Hall–Kier alpha value is -3.02. The zero-order valence-electron chi connectivity index (χ0n) is 15.1. The first kappa shape index (κ1) is 19.3. The van der Waals surface area contributed by atoms with Crippen LogP contribution in [0.5, 0.6) is 5.75 Å². The summed E-state index contributed by atoms with van der Waals surface area (Å²) in [5, 5.41) is 2.69. The van der Waals surface area contributed by atoms with Gasteiger partial charge in [0, 0.05) is 38.2 Å². The van der Waals surface area contributed by atoms with Crippen molar-refractivity contribution in [1.82, 2.24) is 10.2 Å². The summed E-state index contributed by atoms with van der Waals surface area (Å²) in [6.07, 6.45) is 4.72. The van der Waals surface area contributed by atoms with Crippen LogP contribution in [0.15, 0.2) is 53.2 Å². The number of amides is 2. The molecule has 1 N–H and O–H groups in total. The molecule has 1 heterocycles. The number of carbonyl (C=O) groups excluding carboxylic acids is 2. The minimum absolute atomic E-state index is 0.0494. The van der Waals surface area contributed by atoms with Crippen LogP contribution in [0, 0.1) is 0 Å². The highest BCUT2D eigenvalue weighted by Gasteiger charge is 2.12. The molecule has 0 aliphatic rings. The molecular weight excluding hydrogens is 332 g/mol. The first-order chi connectivity index (χ1) is 12.6. The average molecular weight is 356 g/mol. The zero-order valence-corrected chi connectivity index (χ0v) is 15.1. The maximum Gasteiger partial charge on any atom is 0.244 e. The third-order valence-corrected chi connectivity index (χ3v) is 3.69. The fourth-order valence-electron chi connectivity index (χ4n) is 2.36. The molecule has 0 unspecified atom stereocenters. The van der Waals surface area contributed by atoms with E-state index in [0.717, 1.165) is 11.3 Å². The largest absolute Gasteiger partial charge is 0.494 e. The lowest BCUT2D eigenvalue weighted by molar-refractivity contribution is -0.130. The Balaban J connectivity index is 1.76. The molecule has 26 heavy (non-hydrogen) atoms. The number of rotatable bonds is 9. The van der Waals surface area contributed by atoms with Crippen LogP contribution in [0.3, 0.4) is 0 Å². The Morgan fingerprint density at radius 3 is 2.77 bits per heavy atom. The average Bonchev–Trinajstić information content (AvgIpc) is 3.15. The lowest BCUT2D eigenvalue weighted by atomic mass is 10.2. The number of ether oxygens (including phenoxy) is 1. The Labute approximate surface area is 153 Å². The summed E-state index contributed by atoms with van der Waals surface area (Å²) in [6.45, 7) is 3.24. The summed E-state index contributed by atoms with van der Waals surface area (Å²) < 4.78 is 10.7. The van der Waals surface area contributed by atoms with Gasteiger partial charge in [0.1, 0.15) is 11.5 Å². The quantitative estimate of drug-likeness (QED) is 0.701. The second kappa shape index (κ2) is 10.1. The van der Waals surface area contributed by atoms with Crippen molar-refractivity contribution in [2.45, 2.75) is 19.9 Å². The zero-order chi connectivity index (χ0) is 18.8. The standard InChI is InChI=1S/C20H24N2O4/c1-3-25-18-9-5-4-7-16(18)15-22(2)20(24)12-13-21-19(23)11-10-17-8-6-14-26-17/h4-11,14H,3,12-13,15H2,1-2H3,(H,21,23). The topological polar surface area (TPSA) is 71.8 Å². The normalized spacial score (nSPS) is 10.7. The molecule has 0 saturated carbocycles. The first-order valence-corrected chi connectivity index (χ1v) is 8.54. The molecule has 0 fully saturated rings. The molecule has 2 rings (SSSR count). The second-order valence-electron chi connectivity index (χ2n) is 5.68. The summed E-state index contributed by atoms with van der Waals surface area (Å²) in [5.74, 6) is 1.07. The Bertz CT molecular complexity index is 738. The van der Waals surface area contributed by atoms with Gasteiger partial charge in [-0.2, -0.15) is 0 Å². The van der Waals surface area contributed by atoms with Gasteiger partial charge < -0.3 is 19.4 Å². The van der Waals surface area contributed by atoms with E-state index in [1.165, 1.54) is 12.3 Å². The predicted molar refractivity (Wildman–Crippen MR) is 99.5 cm³/mol. The van der Waals surface area contributed by atoms with Gasteiger partial charge in [0.2, 0.25) is 11.8 Å². The molecule has 0 radical (unpaired) electrons. The number of furan rings is 1. The fourth-order valence-corrected chi connectivity index (χ4v) is 2.36. The minimum Gasteiger partial charge on any atom is -0.494 e. The summed E-state index contributed by atoms with van der Waals surface area (Å²) in [4.78, 5) is 25.6. The SMILES string of the molecule is CCOc1ccccc1CN(C)C(=O)CCNC(=O)C=Cc1ccco1. The van der Waals surface area contributed by atoms with E-state index in [4.69, 9.17) is 9.15 Å². The molecule has 0 saturated heterocycles. The van der Waals surface area contributed by atoms with E-state index in [1.54, 1.807) is 30.2 Å². The molecule has 0 spiro atoms. The maximum absolute atomic E-state index is 12.2. The summed E-state index contributed by atoms with van der Waals surface area (Å²) in [5.41, 5.74) is 0.954. The van der Waals surface area contributed by atoms with E-state index in [1.807, 2.05) is 31.2 Å². The summed E-state index contributed by atoms with van der Waals surface area (Å²) in [6, 6.07) is 11.2. The number of benzene rings is 1. The molecular formula is C20H24N2O4. The van der Waals surface area contributed by atoms with Crippen LogP contribution in [-0.4, -0.2) is 36.9 Å². The number of nitrogens with zero attached hydrogens (tertiary/aromatic N) is 1. The van der Waals surface area contributed by atoms with Crippen molar-refractivity contribution in [2.75, 3.05) is 20.2 Å². The van der Waals surface area contributed by atoms with Crippen LogP contribution >= 0.6 is 0 Å². The number of hydrogen-bond acceptors (Lipinski definition) is 4. The van der Waals surface area contributed by atoms with Gasteiger partial charge in [-0.15, -0.1) is 0 Å². The number of hydrogen-bond donors (Lipinski definition) is 1. The monoisotopic (exact) mass is 356 g/mol. The van der Waals surface area contributed by atoms with Crippen LogP contribution in [0.25, 0.3) is 6.08 Å². The Morgan fingerprint density at radius 2 is 2.04 bits per heavy atom. The Kier molecular flexibility index (Phi) is 7.49. The van der Waals surface area contributed by atoms with E-state index in [2.05, 4.69) is 5.32 Å². The molecule has 0 aliphatic heterocycles. The van der Waals surface area contributed by atoms with Gasteiger partial charge in [0.15, 0.2) is 0 Å². The van der Waals surface area contributed by atoms with Crippen molar-refractivity contribution < 1.29 is 18.7 Å². The van der Waals surface area contributed by atoms with Crippen LogP contribution in [-0.2, 0) is 16.1 Å². The smallest absolute Gasteiger partial charge is 0.244 e. The number of para-hydroxylation sites is 1. The highest BCUT2D eigenvalue weighted by molar-refractivity contribution is 5.91. The predicted octanol–water partition coefficient (Wildman–Crippen LogP) is 2.86. The van der Waals surface area contributed by atoms with Crippen LogP contribution in [0.4, 0.5) is 0 Å². The van der Waals surface area contributed by atoms with E-state index >= 15 is 0 Å². The molecule has 0 aliphatic carbocycles. The van der Waals surface area contributed by atoms with Crippen LogP contribution in [0.2, 0.25) is 0 Å². The molecule has 6 heteroatoms. The van der Waals surface area contributed by atoms with E-state index in [-0.39, 0.29) is 24.8 Å². The molecule has 138 valence electrons. The number of carbonyl (C=O) groups is 2. The summed E-state index contributed by atoms with van der Waals surface area (Å²) in [7, 11) is 1.74. The Morgan fingerprint density at radius 1 is 1.23 bits per heavy atom. The molecule has 6 nitrogen and oxygen atoms in total. The fraction of sp³-hybridized carbons (Fsp3) is 0.300. The van der Waals surface area contributed by atoms with Gasteiger partial charge in [-0.05, 0) is 31.2 Å². The molecule has 2 amide bonds. The van der Waals surface area contributed by atoms with Crippen molar-refractivity contribution in [2.24, 2.45) is 0 Å². The van der Waals surface area contributed by atoms with Gasteiger partial charge >= 0.3 is 0 Å². The van der Waals surface area contributed by atoms with Gasteiger partial charge in [-0.3, -0.25) is 9.59 Å². The first-order valence-electron chi connectivity index (χ1n) is 8.54.